The first-order valence-corrected chi connectivity index (χ1v) is 8.26. The van der Waals surface area contributed by atoms with Crippen molar-refractivity contribution in [1.82, 2.24) is 9.97 Å². The van der Waals surface area contributed by atoms with Crippen LogP contribution in [0.25, 0.3) is 11.4 Å². The first-order valence-electron chi connectivity index (χ1n) is 8.26. The van der Waals surface area contributed by atoms with Crippen molar-refractivity contribution in [1.29, 1.82) is 5.26 Å². The third-order valence-corrected chi connectivity index (χ3v) is 3.85. The number of aromatic nitrogens is 2. The molecule has 1 aromatic heterocycles. The van der Waals surface area contributed by atoms with Crippen LogP contribution in [0.3, 0.4) is 0 Å². The fraction of sp³-hybridized carbons (Fsp3) is 0.350. The summed E-state index contributed by atoms with van der Waals surface area (Å²) in [5, 5.41) is 8.81. The summed E-state index contributed by atoms with van der Waals surface area (Å²) in [7, 11) is 0. The highest BCUT2D eigenvalue weighted by Crippen LogP contribution is 2.16. The van der Waals surface area contributed by atoms with Gasteiger partial charge in [0.15, 0.2) is 5.82 Å². The van der Waals surface area contributed by atoms with Gasteiger partial charge in [-0.1, -0.05) is 25.3 Å². The molecular formula is C20H23N3. The van der Waals surface area contributed by atoms with Crippen molar-refractivity contribution in [2.45, 2.75) is 44.9 Å². The van der Waals surface area contributed by atoms with Crippen LogP contribution in [-0.2, 0) is 6.42 Å². The number of rotatable bonds is 9. The molecule has 0 aliphatic heterocycles. The Morgan fingerprint density at radius 1 is 0.957 bits per heavy atom. The number of aryl methyl sites for hydroxylation is 1. The Kier molecular flexibility index (Phi) is 7.00. The second-order valence-corrected chi connectivity index (χ2v) is 5.70. The molecule has 23 heavy (non-hydrogen) atoms. The minimum absolute atomic E-state index is 0.651. The normalized spacial score (nSPS) is 10.2. The zero-order valence-corrected chi connectivity index (χ0v) is 13.5. The number of unbranched alkanes of at least 4 members (excludes halogenated alkanes) is 5. The monoisotopic (exact) mass is 305 g/mol. The lowest BCUT2D eigenvalue weighted by Crippen LogP contribution is -1.93. The molecule has 0 saturated heterocycles. The Labute approximate surface area is 138 Å². The van der Waals surface area contributed by atoms with Crippen molar-refractivity contribution >= 4 is 0 Å². The topological polar surface area (TPSA) is 49.6 Å². The van der Waals surface area contributed by atoms with Crippen molar-refractivity contribution in [3.63, 3.8) is 0 Å². The van der Waals surface area contributed by atoms with Crippen LogP contribution in [0.2, 0.25) is 0 Å². The maximum Gasteiger partial charge on any atom is 0.159 e. The lowest BCUT2D eigenvalue weighted by Gasteiger charge is -2.03. The van der Waals surface area contributed by atoms with Crippen LogP contribution < -0.4 is 0 Å². The molecule has 0 bridgehead atoms. The second-order valence-electron chi connectivity index (χ2n) is 5.70. The number of nitrogens with zero attached hydrogens (tertiary/aromatic N) is 3. The Balaban J connectivity index is 1.78. The molecule has 0 amide bonds. The van der Waals surface area contributed by atoms with E-state index in [9.17, 15) is 0 Å². The molecule has 0 unspecified atom stereocenters. The minimum Gasteiger partial charge on any atom is -0.236 e. The van der Waals surface area contributed by atoms with Gasteiger partial charge in [-0.15, -0.1) is 6.58 Å². The van der Waals surface area contributed by atoms with E-state index in [0.29, 0.717) is 11.4 Å². The van der Waals surface area contributed by atoms with E-state index in [1.54, 1.807) is 12.1 Å². The van der Waals surface area contributed by atoms with E-state index < -0.39 is 0 Å². The van der Waals surface area contributed by atoms with Gasteiger partial charge in [0.05, 0.1) is 11.6 Å². The molecule has 118 valence electrons. The molecule has 0 saturated carbocycles. The SMILES string of the molecule is C=CCCCCCCCc1cnc(-c2ccc(C#N)cc2)nc1. The molecule has 0 spiro atoms. The lowest BCUT2D eigenvalue weighted by molar-refractivity contribution is 0.617. The quantitative estimate of drug-likeness (QED) is 0.479. The maximum absolute atomic E-state index is 8.81. The summed E-state index contributed by atoms with van der Waals surface area (Å²) in [6.45, 7) is 3.74. The summed E-state index contributed by atoms with van der Waals surface area (Å²) in [6.07, 6.45) is 14.3. The average Bonchev–Trinajstić information content (AvgIpc) is 2.61. The van der Waals surface area contributed by atoms with E-state index in [4.69, 9.17) is 5.26 Å². The van der Waals surface area contributed by atoms with Gasteiger partial charge in [-0.05, 0) is 55.5 Å². The van der Waals surface area contributed by atoms with Crippen molar-refractivity contribution in [3.8, 4) is 17.5 Å². The summed E-state index contributed by atoms with van der Waals surface area (Å²) in [5.74, 6) is 0.711. The molecule has 2 rings (SSSR count). The van der Waals surface area contributed by atoms with E-state index in [0.717, 1.165) is 18.4 Å². The first kappa shape index (κ1) is 16.9. The highest BCUT2D eigenvalue weighted by atomic mass is 14.9. The number of hydrogen-bond donors (Lipinski definition) is 0. The van der Waals surface area contributed by atoms with Crippen LogP contribution in [0.4, 0.5) is 0 Å². The third-order valence-electron chi connectivity index (χ3n) is 3.85. The molecule has 0 radical (unpaired) electrons. The lowest BCUT2D eigenvalue weighted by atomic mass is 10.1. The molecule has 0 aliphatic rings. The molecule has 1 heterocycles. The molecular weight excluding hydrogens is 282 g/mol. The van der Waals surface area contributed by atoms with Crippen LogP contribution in [0.15, 0.2) is 49.3 Å². The Hall–Kier alpha value is -2.47. The summed E-state index contributed by atoms with van der Waals surface area (Å²) in [4.78, 5) is 8.88. The van der Waals surface area contributed by atoms with Crippen LogP contribution in [0.1, 0.15) is 49.7 Å². The van der Waals surface area contributed by atoms with E-state index in [1.165, 1.54) is 37.7 Å². The number of allylic oxidation sites excluding steroid dienone is 1. The predicted octanol–water partition coefficient (Wildman–Crippen LogP) is 5.08. The summed E-state index contributed by atoms with van der Waals surface area (Å²) < 4.78 is 0. The average molecular weight is 305 g/mol. The number of nitriles is 1. The first-order chi connectivity index (χ1) is 11.3. The van der Waals surface area contributed by atoms with Gasteiger partial charge in [0.25, 0.3) is 0 Å². The molecule has 0 fully saturated rings. The molecule has 3 nitrogen and oxygen atoms in total. The highest BCUT2D eigenvalue weighted by Gasteiger charge is 2.02. The van der Waals surface area contributed by atoms with Crippen molar-refractivity contribution in [2.75, 3.05) is 0 Å². The van der Waals surface area contributed by atoms with E-state index in [2.05, 4.69) is 22.6 Å². The zero-order chi connectivity index (χ0) is 16.3. The molecule has 3 heteroatoms. The minimum atomic E-state index is 0.651. The van der Waals surface area contributed by atoms with Crippen LogP contribution >= 0.6 is 0 Å². The third kappa shape index (κ3) is 5.67. The van der Waals surface area contributed by atoms with Crippen molar-refractivity contribution < 1.29 is 0 Å². The number of benzene rings is 1. The fourth-order valence-corrected chi connectivity index (χ4v) is 2.47. The maximum atomic E-state index is 8.81. The van der Waals surface area contributed by atoms with Crippen LogP contribution in [0.5, 0.6) is 0 Å². The van der Waals surface area contributed by atoms with Gasteiger partial charge in [0, 0.05) is 18.0 Å². The van der Waals surface area contributed by atoms with Crippen LogP contribution in [-0.4, -0.2) is 9.97 Å². The van der Waals surface area contributed by atoms with Gasteiger partial charge in [0.2, 0.25) is 0 Å². The fourth-order valence-electron chi connectivity index (χ4n) is 2.47. The largest absolute Gasteiger partial charge is 0.236 e. The smallest absolute Gasteiger partial charge is 0.159 e. The number of hydrogen-bond acceptors (Lipinski definition) is 3. The van der Waals surface area contributed by atoms with Gasteiger partial charge >= 0.3 is 0 Å². The summed E-state index contributed by atoms with van der Waals surface area (Å²) in [6, 6.07) is 9.47. The highest BCUT2D eigenvalue weighted by molar-refractivity contribution is 5.56. The van der Waals surface area contributed by atoms with Crippen molar-refractivity contribution in [2.24, 2.45) is 0 Å². The van der Waals surface area contributed by atoms with Gasteiger partial charge < -0.3 is 0 Å². The summed E-state index contributed by atoms with van der Waals surface area (Å²) in [5.41, 5.74) is 2.78. The molecule has 2 aromatic rings. The molecule has 0 N–H and O–H groups in total. The Bertz CT molecular complexity index is 636. The standard InChI is InChI=1S/C20H23N3/c1-2-3-4-5-6-7-8-9-18-15-22-20(23-16-18)19-12-10-17(14-21)11-13-19/h2,10-13,15-16H,1,3-9H2. The van der Waals surface area contributed by atoms with E-state index >= 15 is 0 Å². The summed E-state index contributed by atoms with van der Waals surface area (Å²) >= 11 is 0. The van der Waals surface area contributed by atoms with E-state index in [1.807, 2.05) is 30.6 Å². The van der Waals surface area contributed by atoms with E-state index in [-0.39, 0.29) is 0 Å². The predicted molar refractivity (Wildman–Crippen MR) is 93.8 cm³/mol. The van der Waals surface area contributed by atoms with Crippen LogP contribution in [0, 0.1) is 11.3 Å². The van der Waals surface area contributed by atoms with Gasteiger partial charge in [-0.3, -0.25) is 0 Å². The van der Waals surface area contributed by atoms with Crippen molar-refractivity contribution in [3.05, 3.63) is 60.4 Å². The molecule has 0 atom stereocenters. The zero-order valence-electron chi connectivity index (χ0n) is 13.5. The van der Waals surface area contributed by atoms with Gasteiger partial charge in [0.1, 0.15) is 0 Å². The molecule has 1 aromatic carbocycles. The Morgan fingerprint density at radius 3 is 2.26 bits per heavy atom. The second kappa shape index (κ2) is 9.53. The van der Waals surface area contributed by atoms with Gasteiger partial charge in [-0.25, -0.2) is 9.97 Å². The Morgan fingerprint density at radius 2 is 1.61 bits per heavy atom. The van der Waals surface area contributed by atoms with Gasteiger partial charge in [-0.2, -0.15) is 5.26 Å². The molecule has 0 aliphatic carbocycles.